The van der Waals surface area contributed by atoms with Crippen molar-refractivity contribution >= 4 is 28.6 Å². The van der Waals surface area contributed by atoms with Crippen LogP contribution in [0.3, 0.4) is 0 Å². The summed E-state index contributed by atoms with van der Waals surface area (Å²) < 4.78 is 5.60. The third kappa shape index (κ3) is 4.26. The van der Waals surface area contributed by atoms with Crippen LogP contribution in [0.1, 0.15) is 11.9 Å². The highest BCUT2D eigenvalue weighted by atomic mass is 16.4. The number of hydrogen-bond donors (Lipinski definition) is 5. The zero-order chi connectivity index (χ0) is 20.2. The first-order valence-electron chi connectivity index (χ1n) is 9.01. The van der Waals surface area contributed by atoms with Gasteiger partial charge in [-0.15, -0.1) is 0 Å². The van der Waals surface area contributed by atoms with E-state index in [1.54, 1.807) is 36.5 Å². The summed E-state index contributed by atoms with van der Waals surface area (Å²) >= 11 is 0. The second-order valence-corrected chi connectivity index (χ2v) is 6.32. The normalized spacial score (nSPS) is 12.1. The van der Waals surface area contributed by atoms with Crippen molar-refractivity contribution in [2.45, 2.75) is 6.23 Å². The first-order chi connectivity index (χ1) is 14.1. The maximum atomic E-state index is 10.6. The molecule has 3 heterocycles. The van der Waals surface area contributed by atoms with Crippen LogP contribution in [-0.4, -0.2) is 38.3 Å². The summed E-state index contributed by atoms with van der Waals surface area (Å²) in [5.41, 5.74) is 9.44. The molecule has 6 N–H and O–H groups in total. The molecule has 1 aromatic carbocycles. The largest absolute Gasteiger partial charge is 0.423 e. The van der Waals surface area contributed by atoms with E-state index in [2.05, 4.69) is 25.6 Å². The van der Waals surface area contributed by atoms with Crippen molar-refractivity contribution in [3.8, 4) is 11.3 Å². The van der Waals surface area contributed by atoms with E-state index in [-0.39, 0.29) is 6.61 Å². The van der Waals surface area contributed by atoms with Crippen LogP contribution in [0, 0.1) is 0 Å². The first kappa shape index (κ1) is 18.7. The van der Waals surface area contributed by atoms with Crippen molar-refractivity contribution in [2.75, 3.05) is 29.5 Å². The SMILES string of the molecule is Nc1ccc(-c2cccc(C(O)Nc3ccc4nc(NCCO)oc4c3)n2)cn1. The van der Waals surface area contributed by atoms with Gasteiger partial charge in [0, 0.05) is 30.1 Å². The summed E-state index contributed by atoms with van der Waals surface area (Å²) in [6.45, 7) is 0.332. The van der Waals surface area contributed by atoms with Crippen molar-refractivity contribution in [3.63, 3.8) is 0 Å². The molecule has 0 spiro atoms. The van der Waals surface area contributed by atoms with Gasteiger partial charge in [0.15, 0.2) is 11.8 Å². The number of nitrogen functional groups attached to an aromatic ring is 1. The zero-order valence-corrected chi connectivity index (χ0v) is 15.4. The molecule has 148 valence electrons. The van der Waals surface area contributed by atoms with Crippen LogP contribution in [0.15, 0.2) is 59.1 Å². The van der Waals surface area contributed by atoms with E-state index < -0.39 is 6.23 Å². The predicted octanol–water partition coefficient (Wildman–Crippen LogP) is 2.37. The Kier molecular flexibility index (Phi) is 5.23. The molecule has 9 heteroatoms. The highest BCUT2D eigenvalue weighted by Crippen LogP contribution is 2.25. The number of benzene rings is 1. The van der Waals surface area contributed by atoms with Gasteiger partial charge in [0.05, 0.1) is 18.0 Å². The van der Waals surface area contributed by atoms with Crippen molar-refractivity contribution < 1.29 is 14.6 Å². The Morgan fingerprint density at radius 2 is 2.00 bits per heavy atom. The highest BCUT2D eigenvalue weighted by molar-refractivity contribution is 5.78. The van der Waals surface area contributed by atoms with Crippen LogP contribution in [0.2, 0.25) is 0 Å². The van der Waals surface area contributed by atoms with Crippen LogP contribution < -0.4 is 16.4 Å². The molecule has 4 rings (SSSR count). The van der Waals surface area contributed by atoms with E-state index in [1.165, 1.54) is 0 Å². The van der Waals surface area contributed by atoms with Gasteiger partial charge in [0.2, 0.25) is 0 Å². The summed E-state index contributed by atoms with van der Waals surface area (Å²) in [7, 11) is 0. The minimum atomic E-state index is -1.02. The molecule has 0 amide bonds. The third-order valence-electron chi connectivity index (χ3n) is 4.21. The molecule has 3 aromatic heterocycles. The second-order valence-electron chi connectivity index (χ2n) is 6.32. The molecule has 0 saturated carbocycles. The summed E-state index contributed by atoms with van der Waals surface area (Å²) in [5, 5.41) is 25.3. The molecular formula is C20H20N6O3. The number of rotatable bonds is 7. The Hall–Kier alpha value is -3.69. The molecule has 29 heavy (non-hydrogen) atoms. The molecule has 4 aromatic rings. The summed E-state index contributed by atoms with van der Waals surface area (Å²) in [6.07, 6.45) is 0.616. The quantitative estimate of drug-likeness (QED) is 0.300. The van der Waals surface area contributed by atoms with Gasteiger partial charge in [-0.3, -0.25) is 0 Å². The number of aromatic nitrogens is 3. The number of aliphatic hydroxyl groups excluding tert-OH is 2. The standard InChI is InChI=1S/C20H20N6O3/c21-18-7-4-12(11-23-18)14-2-1-3-16(25-14)19(28)24-13-5-6-15-17(10-13)29-20(26-15)22-8-9-27/h1-7,10-11,19,24,27-28H,8-9H2,(H2,21,23)(H,22,26). The number of pyridine rings is 2. The second kappa shape index (κ2) is 8.13. The van der Waals surface area contributed by atoms with Gasteiger partial charge in [-0.25, -0.2) is 9.97 Å². The van der Waals surface area contributed by atoms with Crippen LogP contribution in [0.5, 0.6) is 0 Å². The van der Waals surface area contributed by atoms with Gasteiger partial charge in [-0.2, -0.15) is 4.98 Å². The number of anilines is 3. The number of nitrogens with zero attached hydrogens (tertiary/aromatic N) is 3. The summed E-state index contributed by atoms with van der Waals surface area (Å²) in [6, 6.07) is 14.6. The Bertz CT molecular complexity index is 1110. The Balaban J connectivity index is 1.52. The number of aliphatic hydroxyl groups is 2. The van der Waals surface area contributed by atoms with E-state index in [0.29, 0.717) is 46.6 Å². The van der Waals surface area contributed by atoms with Gasteiger partial charge in [0.1, 0.15) is 11.3 Å². The fraction of sp³-hybridized carbons (Fsp3) is 0.150. The van der Waals surface area contributed by atoms with E-state index in [0.717, 1.165) is 5.56 Å². The lowest BCUT2D eigenvalue weighted by molar-refractivity contribution is 0.203. The fourth-order valence-electron chi connectivity index (χ4n) is 2.81. The lowest BCUT2D eigenvalue weighted by Gasteiger charge is -2.14. The molecule has 0 radical (unpaired) electrons. The Morgan fingerprint density at radius 1 is 1.10 bits per heavy atom. The topological polar surface area (TPSA) is 142 Å². The summed E-state index contributed by atoms with van der Waals surface area (Å²) in [5.74, 6) is 0.434. The predicted molar refractivity (Wildman–Crippen MR) is 110 cm³/mol. The van der Waals surface area contributed by atoms with Crippen molar-refractivity contribution in [2.24, 2.45) is 0 Å². The van der Waals surface area contributed by atoms with Crippen molar-refractivity contribution in [1.82, 2.24) is 15.0 Å². The van der Waals surface area contributed by atoms with E-state index in [4.69, 9.17) is 15.3 Å². The lowest BCUT2D eigenvalue weighted by atomic mass is 10.1. The van der Waals surface area contributed by atoms with Crippen LogP contribution >= 0.6 is 0 Å². The van der Waals surface area contributed by atoms with Crippen LogP contribution in [0.4, 0.5) is 17.5 Å². The molecule has 0 saturated heterocycles. The van der Waals surface area contributed by atoms with Crippen LogP contribution in [-0.2, 0) is 0 Å². The maximum absolute atomic E-state index is 10.6. The Morgan fingerprint density at radius 3 is 2.79 bits per heavy atom. The molecule has 0 bridgehead atoms. The Labute approximate surface area is 166 Å². The molecule has 1 atom stereocenters. The smallest absolute Gasteiger partial charge is 0.295 e. The number of nitrogens with two attached hydrogens (primary N) is 1. The van der Waals surface area contributed by atoms with E-state index >= 15 is 0 Å². The minimum absolute atomic E-state index is 0.0176. The average Bonchev–Trinajstić information content (AvgIpc) is 3.15. The molecule has 0 aliphatic carbocycles. The van der Waals surface area contributed by atoms with E-state index in [9.17, 15) is 5.11 Å². The number of nitrogens with one attached hydrogen (secondary N) is 2. The van der Waals surface area contributed by atoms with Gasteiger partial charge in [0.25, 0.3) is 6.01 Å². The monoisotopic (exact) mass is 392 g/mol. The van der Waals surface area contributed by atoms with Gasteiger partial charge in [-0.1, -0.05) is 6.07 Å². The van der Waals surface area contributed by atoms with Gasteiger partial charge < -0.3 is 31.0 Å². The molecule has 0 aliphatic heterocycles. The van der Waals surface area contributed by atoms with Gasteiger partial charge >= 0.3 is 0 Å². The average molecular weight is 392 g/mol. The maximum Gasteiger partial charge on any atom is 0.295 e. The molecule has 9 nitrogen and oxygen atoms in total. The number of fused-ring (bicyclic) bond motifs is 1. The molecular weight excluding hydrogens is 372 g/mol. The van der Waals surface area contributed by atoms with Gasteiger partial charge in [-0.05, 0) is 36.4 Å². The lowest BCUT2D eigenvalue weighted by Crippen LogP contribution is -2.11. The molecule has 1 unspecified atom stereocenters. The number of hydrogen-bond acceptors (Lipinski definition) is 9. The minimum Gasteiger partial charge on any atom is -0.423 e. The molecule has 0 aliphatic rings. The third-order valence-corrected chi connectivity index (χ3v) is 4.21. The summed E-state index contributed by atoms with van der Waals surface area (Å²) in [4.78, 5) is 12.9. The number of oxazole rings is 1. The van der Waals surface area contributed by atoms with E-state index in [1.807, 2.05) is 18.2 Å². The fourth-order valence-corrected chi connectivity index (χ4v) is 2.81. The zero-order valence-electron chi connectivity index (χ0n) is 15.4. The van der Waals surface area contributed by atoms with Crippen molar-refractivity contribution in [1.29, 1.82) is 0 Å². The van der Waals surface area contributed by atoms with Crippen LogP contribution in [0.25, 0.3) is 22.4 Å². The highest BCUT2D eigenvalue weighted by Gasteiger charge is 2.12. The van der Waals surface area contributed by atoms with Crippen molar-refractivity contribution in [3.05, 3.63) is 60.4 Å². The first-order valence-corrected chi connectivity index (χ1v) is 9.01. The molecule has 0 fully saturated rings.